The summed E-state index contributed by atoms with van der Waals surface area (Å²) in [6.45, 7) is 2.64. The number of nitrogens with two attached hydrogens (primary N) is 1. The summed E-state index contributed by atoms with van der Waals surface area (Å²) >= 11 is 0. The highest BCUT2D eigenvalue weighted by molar-refractivity contribution is 5.30. The highest BCUT2D eigenvalue weighted by Crippen LogP contribution is 2.22. The van der Waals surface area contributed by atoms with Crippen LogP contribution < -0.4 is 16.0 Å². The fraction of sp³-hybridized carbons (Fsp3) is 0.333. The third-order valence-electron chi connectivity index (χ3n) is 3.03. The van der Waals surface area contributed by atoms with Gasteiger partial charge in [-0.3, -0.25) is 11.3 Å². The van der Waals surface area contributed by atoms with Gasteiger partial charge in [0.25, 0.3) is 0 Å². The van der Waals surface area contributed by atoms with E-state index in [9.17, 15) is 0 Å². The van der Waals surface area contributed by atoms with Crippen LogP contribution in [0.15, 0.2) is 47.1 Å². The van der Waals surface area contributed by atoms with Crippen molar-refractivity contribution in [1.29, 1.82) is 0 Å². The van der Waals surface area contributed by atoms with Gasteiger partial charge in [0.1, 0.15) is 11.5 Å². The molecule has 0 radical (unpaired) electrons. The molecule has 1 aromatic heterocycles. The lowest BCUT2D eigenvalue weighted by Gasteiger charge is -2.16. The fourth-order valence-electron chi connectivity index (χ4n) is 2.08. The molecular formula is C15H20N2O2. The highest BCUT2D eigenvalue weighted by atomic mass is 16.5. The van der Waals surface area contributed by atoms with Gasteiger partial charge >= 0.3 is 0 Å². The van der Waals surface area contributed by atoms with Crippen molar-refractivity contribution in [3.63, 3.8) is 0 Å². The largest absolute Gasteiger partial charge is 0.494 e. The van der Waals surface area contributed by atoms with E-state index in [4.69, 9.17) is 15.0 Å². The van der Waals surface area contributed by atoms with E-state index in [2.05, 4.69) is 11.5 Å². The molecule has 19 heavy (non-hydrogen) atoms. The first-order chi connectivity index (χ1) is 9.33. The van der Waals surface area contributed by atoms with Crippen LogP contribution in [0.5, 0.6) is 5.75 Å². The van der Waals surface area contributed by atoms with Crippen molar-refractivity contribution < 1.29 is 9.15 Å². The summed E-state index contributed by atoms with van der Waals surface area (Å²) in [5, 5.41) is 0. The first kappa shape index (κ1) is 13.6. The summed E-state index contributed by atoms with van der Waals surface area (Å²) in [7, 11) is 0. The van der Waals surface area contributed by atoms with Gasteiger partial charge in [-0.25, -0.2) is 0 Å². The molecule has 1 heterocycles. The fourth-order valence-corrected chi connectivity index (χ4v) is 2.08. The third kappa shape index (κ3) is 3.84. The van der Waals surface area contributed by atoms with E-state index in [0.29, 0.717) is 6.61 Å². The Morgan fingerprint density at radius 3 is 2.89 bits per heavy atom. The molecule has 0 spiro atoms. The SMILES string of the molecule is CCOc1cccc(C(CCc2ccco2)NN)c1. The molecule has 0 amide bonds. The molecule has 0 aliphatic rings. The number of nitrogens with one attached hydrogen (secondary N) is 1. The summed E-state index contributed by atoms with van der Waals surface area (Å²) in [4.78, 5) is 0. The quantitative estimate of drug-likeness (QED) is 0.593. The van der Waals surface area contributed by atoms with Gasteiger partial charge in [0.15, 0.2) is 0 Å². The van der Waals surface area contributed by atoms with Gasteiger partial charge < -0.3 is 9.15 Å². The van der Waals surface area contributed by atoms with Crippen LogP contribution in [0.25, 0.3) is 0 Å². The van der Waals surface area contributed by atoms with Gasteiger partial charge in [0, 0.05) is 12.5 Å². The van der Waals surface area contributed by atoms with E-state index in [1.54, 1.807) is 6.26 Å². The van der Waals surface area contributed by atoms with Crippen molar-refractivity contribution in [1.82, 2.24) is 5.43 Å². The van der Waals surface area contributed by atoms with Crippen LogP contribution in [0.2, 0.25) is 0 Å². The van der Waals surface area contributed by atoms with E-state index >= 15 is 0 Å². The van der Waals surface area contributed by atoms with Gasteiger partial charge in [-0.1, -0.05) is 12.1 Å². The lowest BCUT2D eigenvalue weighted by Crippen LogP contribution is -2.28. The van der Waals surface area contributed by atoms with Crippen LogP contribution >= 0.6 is 0 Å². The molecule has 4 heteroatoms. The molecule has 0 aliphatic carbocycles. The van der Waals surface area contributed by atoms with Crippen LogP contribution in [-0.4, -0.2) is 6.61 Å². The standard InChI is InChI=1S/C15H20N2O2/c1-2-18-14-6-3-5-12(11-14)15(17-16)9-8-13-7-4-10-19-13/h3-7,10-11,15,17H,2,8-9,16H2,1H3. The van der Waals surface area contributed by atoms with Crippen LogP contribution in [0.3, 0.4) is 0 Å². The van der Waals surface area contributed by atoms with Crippen molar-refractivity contribution in [3.8, 4) is 5.75 Å². The van der Waals surface area contributed by atoms with Gasteiger partial charge in [-0.05, 0) is 43.2 Å². The zero-order valence-electron chi connectivity index (χ0n) is 11.1. The van der Waals surface area contributed by atoms with E-state index in [-0.39, 0.29) is 6.04 Å². The molecular weight excluding hydrogens is 240 g/mol. The van der Waals surface area contributed by atoms with Crippen molar-refractivity contribution in [2.24, 2.45) is 5.84 Å². The molecule has 0 fully saturated rings. The van der Waals surface area contributed by atoms with E-state index in [1.165, 1.54) is 0 Å². The maximum Gasteiger partial charge on any atom is 0.119 e. The number of hydrazine groups is 1. The Bertz CT molecular complexity index is 483. The number of hydrogen-bond donors (Lipinski definition) is 2. The summed E-state index contributed by atoms with van der Waals surface area (Å²) in [5.41, 5.74) is 3.98. The second-order valence-electron chi connectivity index (χ2n) is 4.34. The highest BCUT2D eigenvalue weighted by Gasteiger charge is 2.11. The number of ether oxygens (including phenoxy) is 1. The molecule has 0 aliphatic heterocycles. The van der Waals surface area contributed by atoms with E-state index in [0.717, 1.165) is 29.9 Å². The number of hydrogen-bond acceptors (Lipinski definition) is 4. The summed E-state index contributed by atoms with van der Waals surface area (Å²) < 4.78 is 10.8. The molecule has 0 bridgehead atoms. The van der Waals surface area contributed by atoms with Crippen LogP contribution in [0.1, 0.15) is 30.7 Å². The second kappa shape index (κ2) is 6.97. The lowest BCUT2D eigenvalue weighted by molar-refractivity contribution is 0.339. The van der Waals surface area contributed by atoms with Crippen molar-refractivity contribution in [2.45, 2.75) is 25.8 Å². The van der Waals surface area contributed by atoms with Crippen molar-refractivity contribution >= 4 is 0 Å². The smallest absolute Gasteiger partial charge is 0.119 e. The minimum atomic E-state index is 0.0884. The molecule has 1 unspecified atom stereocenters. The lowest BCUT2D eigenvalue weighted by atomic mass is 10.0. The maximum absolute atomic E-state index is 5.65. The predicted molar refractivity (Wildman–Crippen MR) is 74.7 cm³/mol. The van der Waals surface area contributed by atoms with Crippen molar-refractivity contribution in [2.75, 3.05) is 6.61 Å². The number of furan rings is 1. The predicted octanol–water partition coefficient (Wildman–Crippen LogP) is 2.82. The number of aryl methyl sites for hydroxylation is 1. The minimum Gasteiger partial charge on any atom is -0.494 e. The summed E-state index contributed by atoms with van der Waals surface area (Å²) in [6.07, 6.45) is 3.41. The monoisotopic (exact) mass is 260 g/mol. The van der Waals surface area contributed by atoms with E-state index in [1.807, 2.05) is 37.3 Å². The molecule has 1 atom stereocenters. The first-order valence-corrected chi connectivity index (χ1v) is 6.54. The van der Waals surface area contributed by atoms with Gasteiger partial charge in [-0.15, -0.1) is 0 Å². The van der Waals surface area contributed by atoms with Crippen molar-refractivity contribution in [3.05, 3.63) is 54.0 Å². The zero-order chi connectivity index (χ0) is 13.5. The molecule has 102 valence electrons. The Labute approximate surface area is 113 Å². The van der Waals surface area contributed by atoms with E-state index < -0.39 is 0 Å². The average molecular weight is 260 g/mol. The maximum atomic E-state index is 5.65. The normalized spacial score (nSPS) is 12.3. The topological polar surface area (TPSA) is 60.4 Å². The molecule has 2 rings (SSSR count). The molecule has 3 N–H and O–H groups in total. The Morgan fingerprint density at radius 1 is 1.32 bits per heavy atom. The van der Waals surface area contributed by atoms with Gasteiger partial charge in [0.05, 0.1) is 12.9 Å². The molecule has 0 saturated carbocycles. The zero-order valence-corrected chi connectivity index (χ0v) is 11.1. The Hall–Kier alpha value is -1.78. The molecule has 1 aromatic carbocycles. The average Bonchev–Trinajstić information content (AvgIpc) is 2.94. The third-order valence-corrected chi connectivity index (χ3v) is 3.03. The number of benzene rings is 1. The Balaban J connectivity index is 2.01. The van der Waals surface area contributed by atoms with Crippen LogP contribution in [0, 0.1) is 0 Å². The first-order valence-electron chi connectivity index (χ1n) is 6.54. The Morgan fingerprint density at radius 2 is 2.21 bits per heavy atom. The summed E-state index contributed by atoms with van der Waals surface area (Å²) in [6, 6.07) is 12.0. The Kier molecular flexibility index (Phi) is 5.01. The molecule has 4 nitrogen and oxygen atoms in total. The number of rotatable bonds is 7. The molecule has 2 aromatic rings. The second-order valence-corrected chi connectivity index (χ2v) is 4.34. The summed E-state index contributed by atoms with van der Waals surface area (Å²) in [5.74, 6) is 7.49. The van der Waals surface area contributed by atoms with Crippen LogP contribution in [0.4, 0.5) is 0 Å². The van der Waals surface area contributed by atoms with Crippen LogP contribution in [-0.2, 0) is 6.42 Å². The molecule has 0 saturated heterocycles. The minimum absolute atomic E-state index is 0.0884. The van der Waals surface area contributed by atoms with Gasteiger partial charge in [0.2, 0.25) is 0 Å². The van der Waals surface area contributed by atoms with Gasteiger partial charge in [-0.2, -0.15) is 0 Å².